The van der Waals surface area contributed by atoms with Crippen LogP contribution >= 0.6 is 0 Å². The first-order valence-electron chi connectivity index (χ1n) is 7.07. The molecule has 0 radical (unpaired) electrons. The van der Waals surface area contributed by atoms with Gasteiger partial charge >= 0.3 is 0 Å². The summed E-state index contributed by atoms with van der Waals surface area (Å²) >= 11 is 0. The summed E-state index contributed by atoms with van der Waals surface area (Å²) in [5.41, 5.74) is 2.73. The summed E-state index contributed by atoms with van der Waals surface area (Å²) in [6.45, 7) is 4.74. The van der Waals surface area contributed by atoms with Gasteiger partial charge in [0.2, 0.25) is 5.96 Å². The standard InChI is InChI=1S/C13H29N5O/c1-17(2)11-12-5-8-18(9-6-12)13(16-14)15-7-4-10-19-3/h12H,4-11,14H2,1-3H3,(H,15,16). The molecule has 112 valence electrons. The maximum absolute atomic E-state index is 5.57. The molecule has 6 nitrogen and oxygen atoms in total. The van der Waals surface area contributed by atoms with Crippen molar-refractivity contribution in [2.45, 2.75) is 19.3 Å². The number of rotatable bonds is 6. The van der Waals surface area contributed by atoms with E-state index in [4.69, 9.17) is 10.6 Å². The van der Waals surface area contributed by atoms with Crippen LogP contribution < -0.4 is 11.3 Å². The highest BCUT2D eigenvalue weighted by molar-refractivity contribution is 5.79. The second kappa shape index (κ2) is 9.12. The Bertz CT molecular complexity index is 262. The van der Waals surface area contributed by atoms with Crippen molar-refractivity contribution in [3.63, 3.8) is 0 Å². The molecule has 0 spiro atoms. The normalized spacial score (nSPS) is 18.2. The van der Waals surface area contributed by atoms with Crippen LogP contribution in [0.2, 0.25) is 0 Å². The van der Waals surface area contributed by atoms with Gasteiger partial charge in [-0.15, -0.1) is 0 Å². The van der Waals surface area contributed by atoms with E-state index in [0.717, 1.165) is 44.5 Å². The van der Waals surface area contributed by atoms with Gasteiger partial charge in [-0.25, -0.2) is 5.84 Å². The predicted molar refractivity (Wildman–Crippen MR) is 79.0 cm³/mol. The zero-order valence-corrected chi connectivity index (χ0v) is 12.6. The highest BCUT2D eigenvalue weighted by atomic mass is 16.5. The molecule has 1 fully saturated rings. The predicted octanol–water partition coefficient (Wildman–Crippen LogP) is 0.116. The quantitative estimate of drug-likeness (QED) is 0.236. The Kier molecular flexibility index (Phi) is 7.78. The Hall–Kier alpha value is -0.850. The lowest BCUT2D eigenvalue weighted by molar-refractivity contribution is 0.196. The number of hydrazine groups is 1. The van der Waals surface area contributed by atoms with Crippen molar-refractivity contribution in [3.8, 4) is 0 Å². The van der Waals surface area contributed by atoms with Crippen LogP contribution in [0.15, 0.2) is 4.99 Å². The van der Waals surface area contributed by atoms with Gasteiger partial charge in [0.05, 0.1) is 0 Å². The molecule has 6 heteroatoms. The molecule has 1 saturated heterocycles. The van der Waals surface area contributed by atoms with Crippen LogP contribution in [-0.2, 0) is 4.74 Å². The van der Waals surface area contributed by atoms with Crippen molar-refractivity contribution < 1.29 is 4.74 Å². The smallest absolute Gasteiger partial charge is 0.208 e. The third-order valence-corrected chi connectivity index (χ3v) is 3.43. The molecule has 0 saturated carbocycles. The van der Waals surface area contributed by atoms with Gasteiger partial charge in [-0.2, -0.15) is 0 Å². The molecule has 0 aromatic rings. The molecule has 0 aromatic heterocycles. The SMILES string of the molecule is COCCCN=C(NN)N1CCC(CN(C)C)CC1. The number of methoxy groups -OCH3 is 1. The van der Waals surface area contributed by atoms with Gasteiger partial charge < -0.3 is 14.5 Å². The average molecular weight is 271 g/mol. The zero-order valence-electron chi connectivity index (χ0n) is 12.6. The summed E-state index contributed by atoms with van der Waals surface area (Å²) in [6, 6.07) is 0. The van der Waals surface area contributed by atoms with E-state index in [1.165, 1.54) is 19.4 Å². The minimum Gasteiger partial charge on any atom is -0.385 e. The number of nitrogens with two attached hydrogens (primary N) is 1. The molecule has 19 heavy (non-hydrogen) atoms. The first kappa shape index (κ1) is 16.2. The lowest BCUT2D eigenvalue weighted by atomic mass is 9.96. The van der Waals surface area contributed by atoms with Crippen molar-refractivity contribution >= 4 is 5.96 Å². The summed E-state index contributed by atoms with van der Waals surface area (Å²) < 4.78 is 5.01. The number of hydrogen-bond acceptors (Lipinski definition) is 4. The fraction of sp³-hybridized carbons (Fsp3) is 0.923. The van der Waals surface area contributed by atoms with E-state index in [0.29, 0.717) is 0 Å². The molecular weight excluding hydrogens is 242 g/mol. The van der Waals surface area contributed by atoms with Crippen LogP contribution in [0.1, 0.15) is 19.3 Å². The van der Waals surface area contributed by atoms with E-state index in [9.17, 15) is 0 Å². The highest BCUT2D eigenvalue weighted by Crippen LogP contribution is 2.17. The van der Waals surface area contributed by atoms with Gasteiger partial charge in [-0.05, 0) is 39.3 Å². The molecule has 0 unspecified atom stereocenters. The zero-order chi connectivity index (χ0) is 14.1. The molecule has 0 amide bonds. The molecule has 1 aliphatic rings. The second-order valence-electron chi connectivity index (χ2n) is 5.39. The molecule has 0 atom stereocenters. The monoisotopic (exact) mass is 271 g/mol. The van der Waals surface area contributed by atoms with Gasteiger partial charge in [-0.3, -0.25) is 10.4 Å². The summed E-state index contributed by atoms with van der Waals surface area (Å²) in [5, 5.41) is 0. The van der Waals surface area contributed by atoms with Gasteiger partial charge in [0.15, 0.2) is 0 Å². The highest BCUT2D eigenvalue weighted by Gasteiger charge is 2.21. The summed E-state index contributed by atoms with van der Waals surface area (Å²) in [6.07, 6.45) is 3.34. The van der Waals surface area contributed by atoms with E-state index in [1.54, 1.807) is 7.11 Å². The third-order valence-electron chi connectivity index (χ3n) is 3.43. The van der Waals surface area contributed by atoms with Crippen molar-refractivity contribution in [1.82, 2.24) is 15.2 Å². The van der Waals surface area contributed by atoms with Crippen molar-refractivity contribution in [2.24, 2.45) is 16.8 Å². The fourth-order valence-electron chi connectivity index (χ4n) is 2.47. The molecule has 0 bridgehead atoms. The molecule has 1 aliphatic heterocycles. The Morgan fingerprint density at radius 3 is 2.63 bits per heavy atom. The minimum absolute atomic E-state index is 0.742. The Morgan fingerprint density at radius 1 is 1.42 bits per heavy atom. The first-order chi connectivity index (χ1) is 9.17. The number of nitrogens with zero attached hydrogens (tertiary/aromatic N) is 3. The Balaban J connectivity index is 2.34. The van der Waals surface area contributed by atoms with E-state index < -0.39 is 0 Å². The van der Waals surface area contributed by atoms with E-state index >= 15 is 0 Å². The van der Waals surface area contributed by atoms with Gasteiger partial charge in [0.1, 0.15) is 0 Å². The Morgan fingerprint density at radius 2 is 2.11 bits per heavy atom. The summed E-state index contributed by atoms with van der Waals surface area (Å²) in [7, 11) is 5.98. The fourth-order valence-corrected chi connectivity index (χ4v) is 2.47. The van der Waals surface area contributed by atoms with Crippen molar-refractivity contribution in [3.05, 3.63) is 0 Å². The van der Waals surface area contributed by atoms with Crippen molar-refractivity contribution in [2.75, 3.05) is 54.0 Å². The maximum atomic E-state index is 5.57. The largest absolute Gasteiger partial charge is 0.385 e. The number of piperidine rings is 1. The van der Waals surface area contributed by atoms with E-state index in [1.807, 2.05) is 0 Å². The molecule has 3 N–H and O–H groups in total. The molecule has 0 aliphatic carbocycles. The topological polar surface area (TPSA) is 66.1 Å². The first-order valence-corrected chi connectivity index (χ1v) is 7.07. The second-order valence-corrected chi connectivity index (χ2v) is 5.39. The van der Waals surface area contributed by atoms with Gasteiger partial charge in [0.25, 0.3) is 0 Å². The Labute approximate surface area is 117 Å². The van der Waals surface area contributed by atoms with Crippen LogP contribution in [0.5, 0.6) is 0 Å². The lowest BCUT2D eigenvalue weighted by Crippen LogP contribution is -2.49. The van der Waals surface area contributed by atoms with Crippen LogP contribution in [-0.4, -0.2) is 69.8 Å². The van der Waals surface area contributed by atoms with Gasteiger partial charge in [-0.1, -0.05) is 0 Å². The summed E-state index contributed by atoms with van der Waals surface area (Å²) in [5.74, 6) is 7.18. The van der Waals surface area contributed by atoms with Crippen LogP contribution in [0.25, 0.3) is 0 Å². The van der Waals surface area contributed by atoms with Crippen LogP contribution in [0.3, 0.4) is 0 Å². The number of guanidine groups is 1. The molecule has 1 heterocycles. The number of aliphatic imine (C=N–C) groups is 1. The molecular formula is C13H29N5O. The number of nitrogens with one attached hydrogen (secondary N) is 1. The average Bonchev–Trinajstić information content (AvgIpc) is 2.40. The third kappa shape index (κ3) is 6.22. The molecule has 0 aromatic carbocycles. The number of hydrogen-bond donors (Lipinski definition) is 2. The van der Waals surface area contributed by atoms with E-state index in [2.05, 4.69) is 34.3 Å². The number of likely N-dealkylation sites (tertiary alicyclic amines) is 1. The maximum Gasteiger partial charge on any atom is 0.208 e. The number of ether oxygens (including phenoxy) is 1. The minimum atomic E-state index is 0.742. The van der Waals surface area contributed by atoms with E-state index in [-0.39, 0.29) is 0 Å². The summed E-state index contributed by atoms with van der Waals surface area (Å²) in [4.78, 5) is 9.02. The molecule has 1 rings (SSSR count). The van der Waals surface area contributed by atoms with Crippen LogP contribution in [0.4, 0.5) is 0 Å². The lowest BCUT2D eigenvalue weighted by Gasteiger charge is -2.34. The van der Waals surface area contributed by atoms with Gasteiger partial charge in [0, 0.05) is 39.9 Å². The van der Waals surface area contributed by atoms with Crippen LogP contribution in [0, 0.1) is 5.92 Å². The van der Waals surface area contributed by atoms with Crippen molar-refractivity contribution in [1.29, 1.82) is 0 Å².